The van der Waals surface area contributed by atoms with E-state index in [1.54, 1.807) is 18.2 Å². The number of halogens is 1. The quantitative estimate of drug-likeness (QED) is 0.849. The molecular weight excluding hydrogens is 305 g/mol. The van der Waals surface area contributed by atoms with Crippen molar-refractivity contribution in [1.29, 1.82) is 5.26 Å². The normalized spacial score (nSPS) is 11.0. The number of pyridine rings is 1. The SMILES string of the molecule is Cc1cccc(N(CCC#N)S(=O)(=O)c2cncc(F)c2)c1. The molecule has 0 saturated heterocycles. The molecule has 114 valence electrons. The van der Waals surface area contributed by atoms with Crippen LogP contribution in [-0.2, 0) is 10.0 Å². The smallest absolute Gasteiger partial charge is 0.265 e. The van der Waals surface area contributed by atoms with Crippen LogP contribution in [0.1, 0.15) is 12.0 Å². The number of hydrogen-bond donors (Lipinski definition) is 0. The summed E-state index contributed by atoms with van der Waals surface area (Å²) in [5, 5.41) is 8.75. The zero-order valence-corrected chi connectivity index (χ0v) is 12.7. The highest BCUT2D eigenvalue weighted by Crippen LogP contribution is 2.24. The highest BCUT2D eigenvalue weighted by atomic mass is 32.2. The Kier molecular flexibility index (Phi) is 4.73. The Balaban J connectivity index is 2.51. The highest BCUT2D eigenvalue weighted by Gasteiger charge is 2.25. The van der Waals surface area contributed by atoms with Gasteiger partial charge in [-0.05, 0) is 30.7 Å². The first-order valence-electron chi connectivity index (χ1n) is 6.52. The molecule has 0 aliphatic heterocycles. The predicted octanol–water partition coefficient (Wildman–Crippen LogP) is 2.64. The molecule has 0 atom stereocenters. The number of aryl methyl sites for hydroxylation is 1. The zero-order valence-electron chi connectivity index (χ0n) is 11.9. The second-order valence-corrected chi connectivity index (χ2v) is 6.53. The van der Waals surface area contributed by atoms with Crippen LogP contribution in [0.2, 0.25) is 0 Å². The van der Waals surface area contributed by atoms with E-state index >= 15 is 0 Å². The Morgan fingerprint density at radius 2 is 2.09 bits per heavy atom. The first kappa shape index (κ1) is 15.9. The van der Waals surface area contributed by atoms with Crippen LogP contribution in [0, 0.1) is 24.1 Å². The van der Waals surface area contributed by atoms with Gasteiger partial charge in [-0.15, -0.1) is 0 Å². The molecule has 2 aromatic rings. The topological polar surface area (TPSA) is 74.1 Å². The number of benzene rings is 1. The summed E-state index contributed by atoms with van der Waals surface area (Å²) in [4.78, 5) is 3.33. The van der Waals surface area contributed by atoms with E-state index in [9.17, 15) is 12.8 Å². The molecule has 0 saturated carbocycles. The van der Waals surface area contributed by atoms with Gasteiger partial charge < -0.3 is 0 Å². The average Bonchev–Trinajstić information content (AvgIpc) is 2.47. The van der Waals surface area contributed by atoms with Gasteiger partial charge in [0.15, 0.2) is 0 Å². The summed E-state index contributed by atoms with van der Waals surface area (Å²) >= 11 is 0. The molecule has 1 aromatic carbocycles. The maximum Gasteiger partial charge on any atom is 0.265 e. The molecule has 0 radical (unpaired) electrons. The van der Waals surface area contributed by atoms with Crippen LogP contribution in [-0.4, -0.2) is 19.9 Å². The second kappa shape index (κ2) is 6.54. The number of rotatable bonds is 5. The van der Waals surface area contributed by atoms with Crippen LogP contribution in [0.25, 0.3) is 0 Å². The van der Waals surface area contributed by atoms with Gasteiger partial charge in [-0.1, -0.05) is 12.1 Å². The fourth-order valence-electron chi connectivity index (χ4n) is 1.98. The Morgan fingerprint density at radius 1 is 1.32 bits per heavy atom. The largest absolute Gasteiger partial charge is 0.265 e. The van der Waals surface area contributed by atoms with Crippen LogP contribution in [0.5, 0.6) is 0 Å². The van der Waals surface area contributed by atoms with Crippen LogP contribution in [0.15, 0.2) is 47.6 Å². The lowest BCUT2D eigenvalue weighted by molar-refractivity contribution is 0.584. The molecule has 7 heteroatoms. The van der Waals surface area contributed by atoms with Crippen molar-refractivity contribution in [1.82, 2.24) is 4.98 Å². The second-order valence-electron chi connectivity index (χ2n) is 4.66. The molecule has 5 nitrogen and oxygen atoms in total. The molecule has 0 bridgehead atoms. The third kappa shape index (κ3) is 3.40. The summed E-state index contributed by atoms with van der Waals surface area (Å²) in [7, 11) is -3.99. The molecule has 1 aromatic heterocycles. The molecular formula is C15H14FN3O2S. The molecule has 22 heavy (non-hydrogen) atoms. The minimum atomic E-state index is -3.99. The number of anilines is 1. The van der Waals surface area contributed by atoms with Gasteiger partial charge in [-0.3, -0.25) is 9.29 Å². The Hall–Kier alpha value is -2.46. The Labute approximate surface area is 128 Å². The van der Waals surface area contributed by atoms with Gasteiger partial charge in [0.05, 0.1) is 24.4 Å². The van der Waals surface area contributed by atoms with Gasteiger partial charge in [0.2, 0.25) is 0 Å². The predicted molar refractivity (Wildman–Crippen MR) is 80.1 cm³/mol. The molecule has 0 aliphatic rings. The lowest BCUT2D eigenvalue weighted by atomic mass is 10.2. The van der Waals surface area contributed by atoms with Crippen molar-refractivity contribution in [3.8, 4) is 6.07 Å². The molecule has 2 rings (SSSR count). The maximum absolute atomic E-state index is 13.3. The van der Waals surface area contributed by atoms with Gasteiger partial charge >= 0.3 is 0 Å². The number of nitrogens with zero attached hydrogens (tertiary/aromatic N) is 3. The van der Waals surface area contributed by atoms with Crippen molar-refractivity contribution in [2.45, 2.75) is 18.2 Å². The lowest BCUT2D eigenvalue weighted by Gasteiger charge is -2.23. The number of sulfonamides is 1. The Bertz CT molecular complexity index is 816. The minimum absolute atomic E-state index is 0.0151. The first-order chi connectivity index (χ1) is 10.4. The fraction of sp³-hybridized carbons (Fsp3) is 0.200. The number of nitriles is 1. The van der Waals surface area contributed by atoms with E-state index in [1.807, 2.05) is 19.1 Å². The Morgan fingerprint density at radius 3 is 2.73 bits per heavy atom. The van der Waals surface area contributed by atoms with E-state index in [4.69, 9.17) is 5.26 Å². The van der Waals surface area contributed by atoms with Gasteiger partial charge in [0, 0.05) is 12.7 Å². The minimum Gasteiger partial charge on any atom is -0.265 e. The van der Waals surface area contributed by atoms with Crippen LogP contribution >= 0.6 is 0 Å². The third-order valence-electron chi connectivity index (χ3n) is 2.98. The first-order valence-corrected chi connectivity index (χ1v) is 7.96. The van der Waals surface area contributed by atoms with Crippen molar-refractivity contribution in [2.24, 2.45) is 0 Å². The monoisotopic (exact) mass is 319 g/mol. The summed E-state index contributed by atoms with van der Waals surface area (Å²) in [5.41, 5.74) is 1.31. The standard InChI is InChI=1S/C15H14FN3O2S/c1-12-4-2-5-14(8-12)19(7-3-6-17)22(20,21)15-9-13(16)10-18-11-15/h2,4-5,8-11H,3,7H2,1H3. The van der Waals surface area contributed by atoms with E-state index in [0.717, 1.165) is 28.3 Å². The fourth-order valence-corrected chi connectivity index (χ4v) is 3.42. The molecule has 0 unspecified atom stereocenters. The molecule has 0 spiro atoms. The summed E-state index contributed by atoms with van der Waals surface area (Å²) in [6.45, 7) is 1.82. The number of aromatic nitrogens is 1. The van der Waals surface area contributed by atoms with Crippen molar-refractivity contribution >= 4 is 15.7 Å². The molecule has 0 amide bonds. The zero-order chi connectivity index (χ0) is 16.2. The van der Waals surface area contributed by atoms with Crippen molar-refractivity contribution in [3.63, 3.8) is 0 Å². The van der Waals surface area contributed by atoms with E-state index in [0.29, 0.717) is 5.69 Å². The van der Waals surface area contributed by atoms with E-state index < -0.39 is 15.8 Å². The highest BCUT2D eigenvalue weighted by molar-refractivity contribution is 7.92. The average molecular weight is 319 g/mol. The van der Waals surface area contributed by atoms with Crippen LogP contribution < -0.4 is 4.31 Å². The summed E-state index contributed by atoms with van der Waals surface area (Å²) in [6, 6.07) is 9.73. The van der Waals surface area contributed by atoms with E-state index in [2.05, 4.69) is 4.98 Å². The molecule has 0 aliphatic carbocycles. The maximum atomic E-state index is 13.3. The van der Waals surface area contributed by atoms with Gasteiger partial charge in [0.25, 0.3) is 10.0 Å². The summed E-state index contributed by atoms with van der Waals surface area (Å²) in [6.07, 6.45) is 2.05. The third-order valence-corrected chi connectivity index (χ3v) is 4.78. The van der Waals surface area contributed by atoms with Gasteiger partial charge in [-0.25, -0.2) is 12.8 Å². The van der Waals surface area contributed by atoms with E-state index in [-0.39, 0.29) is 17.9 Å². The van der Waals surface area contributed by atoms with Gasteiger partial charge in [0.1, 0.15) is 10.7 Å². The summed E-state index contributed by atoms with van der Waals surface area (Å²) in [5.74, 6) is -0.731. The molecule has 0 fully saturated rings. The van der Waals surface area contributed by atoms with Crippen molar-refractivity contribution < 1.29 is 12.8 Å². The summed E-state index contributed by atoms with van der Waals surface area (Å²) < 4.78 is 39.8. The molecule has 1 heterocycles. The van der Waals surface area contributed by atoms with Crippen molar-refractivity contribution in [2.75, 3.05) is 10.8 Å². The van der Waals surface area contributed by atoms with E-state index in [1.165, 1.54) is 0 Å². The lowest BCUT2D eigenvalue weighted by Crippen LogP contribution is -2.32. The number of hydrogen-bond acceptors (Lipinski definition) is 4. The van der Waals surface area contributed by atoms with Crippen LogP contribution in [0.3, 0.4) is 0 Å². The van der Waals surface area contributed by atoms with Gasteiger partial charge in [-0.2, -0.15) is 5.26 Å². The molecule has 0 N–H and O–H groups in total. The van der Waals surface area contributed by atoms with Crippen LogP contribution in [0.4, 0.5) is 10.1 Å². The van der Waals surface area contributed by atoms with Crippen molar-refractivity contribution in [3.05, 3.63) is 54.1 Å².